The first-order valence-corrected chi connectivity index (χ1v) is 10.4. The zero-order valence-electron chi connectivity index (χ0n) is 18.2. The van der Waals surface area contributed by atoms with Gasteiger partial charge < -0.3 is 10.0 Å². The minimum Gasteiger partial charge on any atom is -0.478 e. The van der Waals surface area contributed by atoms with E-state index < -0.39 is 12.1 Å². The molecule has 10 nitrogen and oxygen atoms in total. The van der Waals surface area contributed by atoms with Crippen molar-refractivity contribution >= 4 is 35.0 Å². The van der Waals surface area contributed by atoms with Crippen LogP contribution in [0.2, 0.25) is 0 Å². The van der Waals surface area contributed by atoms with Crippen molar-refractivity contribution in [2.45, 2.75) is 13.1 Å². The van der Waals surface area contributed by atoms with Crippen molar-refractivity contribution < 1.29 is 19.6 Å². The predicted molar refractivity (Wildman–Crippen MR) is 124 cm³/mol. The monoisotopic (exact) mass is 449 g/mol. The van der Waals surface area contributed by atoms with Crippen molar-refractivity contribution in [3.05, 3.63) is 75.3 Å². The van der Waals surface area contributed by atoms with Gasteiger partial charge in [-0.1, -0.05) is 18.2 Å². The van der Waals surface area contributed by atoms with E-state index in [0.717, 1.165) is 11.3 Å². The number of carboxylic acids is 1. The second-order valence-corrected chi connectivity index (χ2v) is 8.00. The van der Waals surface area contributed by atoms with Gasteiger partial charge in [0.2, 0.25) is 0 Å². The van der Waals surface area contributed by atoms with Gasteiger partial charge in [0.15, 0.2) is 0 Å². The van der Waals surface area contributed by atoms with Crippen LogP contribution in [-0.2, 0) is 4.79 Å². The lowest BCUT2D eigenvalue weighted by Crippen LogP contribution is -2.54. The Bertz CT molecular complexity index is 1170. The average molecular weight is 449 g/mol. The van der Waals surface area contributed by atoms with Crippen molar-refractivity contribution in [2.75, 3.05) is 36.6 Å². The van der Waals surface area contributed by atoms with Crippen molar-refractivity contribution in [1.82, 2.24) is 4.90 Å². The molecular formula is C23H23N5O5. The van der Waals surface area contributed by atoms with Crippen LogP contribution in [0.1, 0.15) is 22.8 Å². The maximum atomic E-state index is 13.0. The molecule has 2 aromatic rings. The summed E-state index contributed by atoms with van der Waals surface area (Å²) in [7, 11) is 1.75. The van der Waals surface area contributed by atoms with Gasteiger partial charge in [-0.25, -0.2) is 9.69 Å². The van der Waals surface area contributed by atoms with Gasteiger partial charge in [0.25, 0.3) is 12.1 Å². The molecule has 2 aliphatic rings. The fourth-order valence-corrected chi connectivity index (χ4v) is 3.90. The Kier molecular flexibility index (Phi) is 5.93. The highest BCUT2D eigenvalue weighted by Gasteiger charge is 2.33. The number of carbonyl (C=O) groups is 2. The van der Waals surface area contributed by atoms with Crippen LogP contribution in [0.5, 0.6) is 0 Å². The standard InChI is InChI=1S/C23H23N5O5/c1-15-20(22(29)27(24-15)19-5-3-4-17(13-19)23(30)31)12-16-6-8-18(9-7-16)26-11-10-25(2)21(14-26)28(32)33/h3-9,12-13,21H,10-11,14H2,1-2H3,(H,30,31). The molecule has 0 bridgehead atoms. The molecule has 0 aliphatic carbocycles. The largest absolute Gasteiger partial charge is 0.478 e. The van der Waals surface area contributed by atoms with E-state index in [4.69, 9.17) is 0 Å². The van der Waals surface area contributed by atoms with E-state index in [2.05, 4.69) is 5.10 Å². The summed E-state index contributed by atoms with van der Waals surface area (Å²) in [5, 5.41) is 26.0. The van der Waals surface area contributed by atoms with Crippen LogP contribution in [0.4, 0.5) is 11.4 Å². The molecule has 0 aromatic heterocycles. The van der Waals surface area contributed by atoms with E-state index in [1.54, 1.807) is 37.1 Å². The lowest BCUT2D eigenvalue weighted by atomic mass is 10.1. The molecule has 1 saturated heterocycles. The van der Waals surface area contributed by atoms with E-state index >= 15 is 0 Å². The highest BCUT2D eigenvalue weighted by atomic mass is 16.6. The van der Waals surface area contributed by atoms with Crippen molar-refractivity contribution in [3.63, 3.8) is 0 Å². The molecule has 170 valence electrons. The van der Waals surface area contributed by atoms with Crippen LogP contribution < -0.4 is 9.91 Å². The third kappa shape index (κ3) is 4.46. The number of aromatic carboxylic acids is 1. The van der Waals surface area contributed by atoms with Gasteiger partial charge in [0, 0.05) is 23.7 Å². The maximum Gasteiger partial charge on any atom is 0.335 e. The number of nitro groups is 1. The Morgan fingerprint density at radius 2 is 1.91 bits per heavy atom. The number of hydrogen-bond donors (Lipinski definition) is 1. The van der Waals surface area contributed by atoms with Gasteiger partial charge in [-0.3, -0.25) is 14.9 Å². The van der Waals surface area contributed by atoms with Crippen LogP contribution in [0, 0.1) is 10.1 Å². The molecule has 33 heavy (non-hydrogen) atoms. The fourth-order valence-electron chi connectivity index (χ4n) is 3.90. The van der Waals surface area contributed by atoms with Crippen molar-refractivity contribution in [2.24, 2.45) is 5.10 Å². The van der Waals surface area contributed by atoms with E-state index in [0.29, 0.717) is 36.6 Å². The number of nitrogens with zero attached hydrogens (tertiary/aromatic N) is 5. The van der Waals surface area contributed by atoms with Crippen LogP contribution in [0.3, 0.4) is 0 Å². The number of carboxylic acid groups (broad SMARTS) is 1. The van der Waals surface area contributed by atoms with Gasteiger partial charge in [-0.2, -0.15) is 10.1 Å². The number of hydrazone groups is 1. The zero-order chi connectivity index (χ0) is 23.7. The normalized spacial score (nSPS) is 20.3. The summed E-state index contributed by atoms with van der Waals surface area (Å²) < 4.78 is 0. The number of rotatable bonds is 5. The number of piperazine rings is 1. The molecular weight excluding hydrogens is 426 g/mol. The summed E-state index contributed by atoms with van der Waals surface area (Å²) >= 11 is 0. The van der Waals surface area contributed by atoms with Crippen LogP contribution in [-0.4, -0.2) is 65.4 Å². The third-order valence-electron chi connectivity index (χ3n) is 5.83. The minimum atomic E-state index is -1.08. The van der Waals surface area contributed by atoms with Gasteiger partial charge in [0.05, 0.1) is 22.5 Å². The van der Waals surface area contributed by atoms with Crippen molar-refractivity contribution in [3.8, 4) is 0 Å². The van der Waals surface area contributed by atoms with E-state index in [1.165, 1.54) is 17.1 Å². The summed E-state index contributed by atoms with van der Waals surface area (Å²) in [5.41, 5.74) is 3.07. The van der Waals surface area contributed by atoms with Gasteiger partial charge >= 0.3 is 5.97 Å². The first-order valence-electron chi connectivity index (χ1n) is 10.4. The molecule has 1 unspecified atom stereocenters. The molecule has 10 heteroatoms. The van der Waals surface area contributed by atoms with E-state index in [1.807, 2.05) is 29.2 Å². The number of anilines is 2. The van der Waals surface area contributed by atoms with Crippen molar-refractivity contribution in [1.29, 1.82) is 0 Å². The molecule has 2 heterocycles. The molecule has 1 N–H and O–H groups in total. The number of benzene rings is 2. The van der Waals surface area contributed by atoms with Gasteiger partial charge in [-0.05, 0) is 55.9 Å². The van der Waals surface area contributed by atoms with E-state index in [-0.39, 0.29) is 16.4 Å². The van der Waals surface area contributed by atoms with Crippen LogP contribution in [0.15, 0.2) is 59.2 Å². The van der Waals surface area contributed by atoms with Gasteiger partial charge in [-0.15, -0.1) is 0 Å². The third-order valence-corrected chi connectivity index (χ3v) is 5.83. The lowest BCUT2D eigenvalue weighted by Gasteiger charge is -2.35. The first kappa shape index (κ1) is 22.2. The number of amides is 1. The minimum absolute atomic E-state index is 0.0735. The Labute approximate surface area is 190 Å². The van der Waals surface area contributed by atoms with Gasteiger partial charge in [0.1, 0.15) is 6.54 Å². The quantitative estimate of drug-likeness (QED) is 0.423. The Hall–Kier alpha value is -4.05. The zero-order valence-corrected chi connectivity index (χ0v) is 18.2. The average Bonchev–Trinajstić information content (AvgIpc) is 3.08. The summed E-state index contributed by atoms with van der Waals surface area (Å²) in [6, 6.07) is 13.5. The molecule has 0 spiro atoms. The molecule has 2 aliphatic heterocycles. The Morgan fingerprint density at radius 3 is 2.58 bits per heavy atom. The predicted octanol–water partition coefficient (Wildman–Crippen LogP) is 2.55. The van der Waals surface area contributed by atoms with Crippen LogP contribution in [0.25, 0.3) is 6.08 Å². The topological polar surface area (TPSA) is 120 Å². The molecule has 4 rings (SSSR count). The second-order valence-electron chi connectivity index (χ2n) is 8.00. The highest BCUT2D eigenvalue weighted by molar-refractivity contribution is 6.32. The smallest absolute Gasteiger partial charge is 0.335 e. The number of carbonyl (C=O) groups excluding carboxylic acids is 1. The summed E-state index contributed by atoms with van der Waals surface area (Å²) in [6.45, 7) is 3.32. The Balaban J connectivity index is 1.52. The summed E-state index contributed by atoms with van der Waals surface area (Å²) in [6.07, 6.45) is 0.983. The maximum absolute atomic E-state index is 13.0. The lowest BCUT2D eigenvalue weighted by molar-refractivity contribution is -0.547. The molecule has 1 amide bonds. The van der Waals surface area contributed by atoms with E-state index in [9.17, 15) is 24.8 Å². The van der Waals surface area contributed by atoms with Crippen LogP contribution >= 0.6 is 0 Å². The number of hydrogen-bond acceptors (Lipinski definition) is 7. The first-order chi connectivity index (χ1) is 15.7. The Morgan fingerprint density at radius 1 is 1.18 bits per heavy atom. The summed E-state index contributed by atoms with van der Waals surface area (Å²) in [4.78, 5) is 38.9. The second kappa shape index (κ2) is 8.83. The molecule has 1 fully saturated rings. The molecule has 1 atom stereocenters. The highest BCUT2D eigenvalue weighted by Crippen LogP contribution is 2.27. The molecule has 2 aromatic carbocycles. The summed E-state index contributed by atoms with van der Waals surface area (Å²) in [5.74, 6) is -1.42. The SMILES string of the molecule is CC1=NN(c2cccc(C(=O)O)c2)C(=O)C1=Cc1ccc(N2CCN(C)C([N+](=O)[O-])C2)cc1. The number of likely N-dealkylation sites (N-methyl/N-ethyl adjacent to an activating group) is 1. The molecule has 0 radical (unpaired) electrons. The fraction of sp³-hybridized carbons (Fsp3) is 0.261. The molecule has 0 saturated carbocycles.